The molecule has 1 fully saturated rings. The number of guanidine groups is 1. The van der Waals surface area contributed by atoms with Crippen molar-refractivity contribution in [3.05, 3.63) is 71.8 Å². The first-order chi connectivity index (χ1) is 12.6. The number of benzene rings is 2. The topological polar surface area (TPSA) is 56.7 Å². The average Bonchev–Trinajstić information content (AvgIpc) is 3.45. The highest BCUT2D eigenvalue weighted by Crippen LogP contribution is 2.46. The summed E-state index contributed by atoms with van der Waals surface area (Å²) in [6, 6.07) is 20.4. The first kappa shape index (κ1) is 21.7. The first-order valence-electron chi connectivity index (χ1n) is 9.45. The summed E-state index contributed by atoms with van der Waals surface area (Å²) in [4.78, 5) is 4.60. The molecule has 1 aliphatic rings. The van der Waals surface area contributed by atoms with Crippen molar-refractivity contribution >= 4 is 29.9 Å². The zero-order chi connectivity index (χ0) is 18.4. The summed E-state index contributed by atoms with van der Waals surface area (Å²) in [6.07, 6.45) is 1.22. The molecule has 0 aliphatic heterocycles. The molecule has 2 aromatic carbocycles. The molecule has 1 aliphatic carbocycles. The molecule has 5 heteroatoms. The lowest BCUT2D eigenvalue weighted by Gasteiger charge is -2.22. The highest BCUT2D eigenvalue weighted by molar-refractivity contribution is 14.0. The maximum absolute atomic E-state index is 10.7. The highest BCUT2D eigenvalue weighted by Gasteiger charge is 2.37. The van der Waals surface area contributed by atoms with Crippen LogP contribution in [0.5, 0.6) is 0 Å². The van der Waals surface area contributed by atoms with Crippen molar-refractivity contribution in [2.24, 2.45) is 10.9 Å². The molecule has 3 N–H and O–H groups in total. The van der Waals surface area contributed by atoms with Crippen molar-refractivity contribution < 1.29 is 5.11 Å². The molecule has 2 aromatic rings. The normalized spacial score (nSPS) is 20.9. The van der Waals surface area contributed by atoms with Crippen molar-refractivity contribution in [3.63, 3.8) is 0 Å². The summed E-state index contributed by atoms with van der Waals surface area (Å²) in [6.45, 7) is 5.88. The molecule has 3 rings (SSSR count). The monoisotopic (exact) mass is 479 g/mol. The van der Waals surface area contributed by atoms with E-state index in [0.29, 0.717) is 18.4 Å². The SMILES string of the molecule is CCNC(=NCC(C)(O)c1ccccc1)NCC1CC1c1ccccc1.I. The van der Waals surface area contributed by atoms with Gasteiger partial charge in [0, 0.05) is 13.1 Å². The lowest BCUT2D eigenvalue weighted by atomic mass is 9.96. The molecular weight excluding hydrogens is 449 g/mol. The minimum absolute atomic E-state index is 0. The van der Waals surface area contributed by atoms with Crippen molar-refractivity contribution in [1.82, 2.24) is 10.6 Å². The van der Waals surface area contributed by atoms with Gasteiger partial charge < -0.3 is 15.7 Å². The zero-order valence-electron chi connectivity index (χ0n) is 16.1. The predicted octanol–water partition coefficient (Wildman–Crippen LogP) is 3.87. The van der Waals surface area contributed by atoms with Crippen LogP contribution in [0.3, 0.4) is 0 Å². The maximum Gasteiger partial charge on any atom is 0.191 e. The van der Waals surface area contributed by atoms with Crippen molar-refractivity contribution in [1.29, 1.82) is 0 Å². The van der Waals surface area contributed by atoms with Crippen LogP contribution in [0, 0.1) is 5.92 Å². The van der Waals surface area contributed by atoms with Crippen LogP contribution in [-0.2, 0) is 5.60 Å². The summed E-state index contributed by atoms with van der Waals surface area (Å²) in [5, 5.41) is 17.4. The minimum Gasteiger partial charge on any atom is -0.384 e. The fraction of sp³-hybridized carbons (Fsp3) is 0.409. The number of nitrogens with one attached hydrogen (secondary N) is 2. The van der Waals surface area contributed by atoms with Crippen molar-refractivity contribution in [2.75, 3.05) is 19.6 Å². The van der Waals surface area contributed by atoms with Crippen LogP contribution < -0.4 is 10.6 Å². The number of hydrogen-bond acceptors (Lipinski definition) is 2. The highest BCUT2D eigenvalue weighted by atomic mass is 127. The van der Waals surface area contributed by atoms with Crippen LogP contribution in [0.25, 0.3) is 0 Å². The molecule has 0 spiro atoms. The van der Waals surface area contributed by atoms with Crippen molar-refractivity contribution in [2.45, 2.75) is 31.8 Å². The molecule has 1 saturated carbocycles. The molecule has 0 amide bonds. The Labute approximate surface area is 179 Å². The van der Waals surface area contributed by atoms with Crippen LogP contribution in [0.15, 0.2) is 65.7 Å². The molecule has 0 heterocycles. The van der Waals surface area contributed by atoms with Gasteiger partial charge in [-0.25, -0.2) is 4.99 Å². The van der Waals surface area contributed by atoms with Gasteiger partial charge in [0.25, 0.3) is 0 Å². The lowest BCUT2D eigenvalue weighted by molar-refractivity contribution is 0.0672. The van der Waals surface area contributed by atoms with Gasteiger partial charge in [-0.1, -0.05) is 60.7 Å². The Morgan fingerprint density at radius 3 is 2.33 bits per heavy atom. The van der Waals surface area contributed by atoms with Gasteiger partial charge in [0.2, 0.25) is 0 Å². The van der Waals surface area contributed by atoms with E-state index in [4.69, 9.17) is 0 Å². The maximum atomic E-state index is 10.7. The summed E-state index contributed by atoms with van der Waals surface area (Å²) in [5.41, 5.74) is 1.33. The predicted molar refractivity (Wildman–Crippen MR) is 123 cm³/mol. The van der Waals surface area contributed by atoms with Gasteiger partial charge in [0.05, 0.1) is 6.54 Å². The largest absolute Gasteiger partial charge is 0.384 e. The smallest absolute Gasteiger partial charge is 0.191 e. The van der Waals surface area contributed by atoms with Crippen LogP contribution in [0.4, 0.5) is 0 Å². The average molecular weight is 479 g/mol. The Morgan fingerprint density at radius 1 is 1.07 bits per heavy atom. The molecule has 4 nitrogen and oxygen atoms in total. The second-order valence-corrected chi connectivity index (χ2v) is 7.23. The summed E-state index contributed by atoms with van der Waals surface area (Å²) in [7, 11) is 0. The second kappa shape index (κ2) is 10.1. The fourth-order valence-electron chi connectivity index (χ4n) is 3.27. The van der Waals surface area contributed by atoms with Gasteiger partial charge in [-0.05, 0) is 43.2 Å². The molecule has 0 aromatic heterocycles. The van der Waals surface area contributed by atoms with Crippen molar-refractivity contribution in [3.8, 4) is 0 Å². The minimum atomic E-state index is -0.976. The first-order valence-corrected chi connectivity index (χ1v) is 9.45. The van der Waals surface area contributed by atoms with Crippen LogP contribution >= 0.6 is 24.0 Å². The Morgan fingerprint density at radius 2 is 1.70 bits per heavy atom. The van der Waals surface area contributed by atoms with E-state index in [1.807, 2.05) is 37.3 Å². The molecule has 3 atom stereocenters. The van der Waals surface area contributed by atoms with E-state index < -0.39 is 5.60 Å². The van der Waals surface area contributed by atoms with Gasteiger partial charge in [-0.15, -0.1) is 24.0 Å². The molecule has 0 bridgehead atoms. The summed E-state index contributed by atoms with van der Waals surface area (Å²) < 4.78 is 0. The van der Waals surface area contributed by atoms with Crippen LogP contribution in [0.1, 0.15) is 37.3 Å². The molecule has 146 valence electrons. The zero-order valence-corrected chi connectivity index (χ0v) is 18.4. The molecule has 0 radical (unpaired) electrons. The molecule has 27 heavy (non-hydrogen) atoms. The molecular formula is C22H30IN3O. The van der Waals surface area contributed by atoms with Crippen LogP contribution in [-0.4, -0.2) is 30.7 Å². The summed E-state index contributed by atoms with van der Waals surface area (Å²) >= 11 is 0. The standard InChI is InChI=1S/C22H29N3O.HI/c1-3-23-21(25-16-22(2,26)19-12-8-5-9-13-19)24-15-18-14-20(18)17-10-6-4-7-11-17;/h4-13,18,20,26H,3,14-16H2,1-2H3,(H2,23,24,25);1H. The van der Waals surface area contributed by atoms with E-state index in [0.717, 1.165) is 24.6 Å². The fourth-order valence-corrected chi connectivity index (χ4v) is 3.27. The van der Waals surface area contributed by atoms with E-state index in [1.165, 1.54) is 12.0 Å². The third-order valence-corrected chi connectivity index (χ3v) is 4.97. The van der Waals surface area contributed by atoms with E-state index in [2.05, 4.69) is 52.9 Å². The third-order valence-electron chi connectivity index (χ3n) is 4.97. The number of rotatable bonds is 7. The quantitative estimate of drug-likeness (QED) is 0.321. The molecule has 0 saturated heterocycles. The van der Waals surface area contributed by atoms with Gasteiger partial charge in [-0.2, -0.15) is 0 Å². The Kier molecular flexibility index (Phi) is 8.10. The Bertz CT molecular complexity index is 719. The summed E-state index contributed by atoms with van der Waals surface area (Å²) in [5.74, 6) is 2.07. The Hall–Kier alpha value is -1.60. The van der Waals surface area contributed by atoms with E-state index >= 15 is 0 Å². The second-order valence-electron chi connectivity index (χ2n) is 7.23. The lowest BCUT2D eigenvalue weighted by Crippen LogP contribution is -2.39. The van der Waals surface area contributed by atoms with Gasteiger partial charge >= 0.3 is 0 Å². The van der Waals surface area contributed by atoms with Gasteiger partial charge in [-0.3, -0.25) is 0 Å². The van der Waals surface area contributed by atoms with E-state index in [9.17, 15) is 5.11 Å². The van der Waals surface area contributed by atoms with E-state index in [-0.39, 0.29) is 24.0 Å². The van der Waals surface area contributed by atoms with Gasteiger partial charge in [0.1, 0.15) is 5.60 Å². The number of halogens is 1. The van der Waals surface area contributed by atoms with E-state index in [1.54, 1.807) is 0 Å². The molecule has 3 unspecified atom stereocenters. The number of aliphatic imine (C=N–C) groups is 1. The van der Waals surface area contributed by atoms with Gasteiger partial charge in [0.15, 0.2) is 5.96 Å². The Balaban J connectivity index is 0.00000261. The number of hydrogen-bond donors (Lipinski definition) is 3. The number of aliphatic hydroxyl groups is 1. The third kappa shape index (κ3) is 6.21. The number of nitrogens with zero attached hydrogens (tertiary/aromatic N) is 1. The van der Waals surface area contributed by atoms with Crippen LogP contribution in [0.2, 0.25) is 0 Å².